The van der Waals surface area contributed by atoms with Crippen LogP contribution in [0.5, 0.6) is 0 Å². The lowest BCUT2D eigenvalue weighted by Crippen LogP contribution is -2.29. The Labute approximate surface area is 103 Å². The van der Waals surface area contributed by atoms with Crippen LogP contribution in [0.25, 0.3) is 0 Å². The van der Waals surface area contributed by atoms with Crippen molar-refractivity contribution in [2.24, 2.45) is 13.0 Å². The first-order chi connectivity index (χ1) is 8.31. The quantitative estimate of drug-likeness (QED) is 0.760. The molecule has 2 rings (SSSR count). The first-order valence-electron chi connectivity index (χ1n) is 6.60. The van der Waals surface area contributed by atoms with Crippen molar-refractivity contribution < 1.29 is 4.74 Å². The second-order valence-electron chi connectivity index (χ2n) is 4.77. The molecule has 1 aliphatic rings. The summed E-state index contributed by atoms with van der Waals surface area (Å²) in [6, 6.07) is 2.08. The highest BCUT2D eigenvalue weighted by molar-refractivity contribution is 5.00. The molecule has 2 atom stereocenters. The number of rotatable bonds is 6. The van der Waals surface area contributed by atoms with Gasteiger partial charge in [-0.15, -0.1) is 0 Å². The molecule has 1 aromatic rings. The molecule has 0 aromatic carbocycles. The van der Waals surface area contributed by atoms with E-state index < -0.39 is 0 Å². The minimum Gasteiger partial charge on any atom is -0.378 e. The molecule has 1 aliphatic heterocycles. The molecule has 1 aromatic heterocycles. The number of nitrogens with zero attached hydrogens (tertiary/aromatic N) is 2. The van der Waals surface area contributed by atoms with Crippen LogP contribution < -0.4 is 5.32 Å². The Balaban J connectivity index is 1.65. The Morgan fingerprint density at radius 2 is 2.47 bits per heavy atom. The highest BCUT2D eigenvalue weighted by atomic mass is 16.5. The van der Waals surface area contributed by atoms with Crippen molar-refractivity contribution >= 4 is 0 Å². The summed E-state index contributed by atoms with van der Waals surface area (Å²) < 4.78 is 7.62. The van der Waals surface area contributed by atoms with Crippen LogP contribution >= 0.6 is 0 Å². The van der Waals surface area contributed by atoms with Crippen LogP contribution in [0.2, 0.25) is 0 Å². The summed E-state index contributed by atoms with van der Waals surface area (Å²) >= 11 is 0. The molecule has 0 amide bonds. The van der Waals surface area contributed by atoms with Gasteiger partial charge in [-0.05, 0) is 24.8 Å². The average molecular weight is 237 g/mol. The van der Waals surface area contributed by atoms with Gasteiger partial charge in [0.15, 0.2) is 0 Å². The van der Waals surface area contributed by atoms with Crippen molar-refractivity contribution in [1.82, 2.24) is 15.1 Å². The summed E-state index contributed by atoms with van der Waals surface area (Å²) in [5.74, 6) is 0.700. The molecule has 0 spiro atoms. The largest absolute Gasteiger partial charge is 0.378 e. The number of hydrogen-bond donors (Lipinski definition) is 1. The summed E-state index contributed by atoms with van der Waals surface area (Å²) in [6.45, 7) is 5.24. The zero-order valence-electron chi connectivity index (χ0n) is 10.9. The Morgan fingerprint density at radius 1 is 1.59 bits per heavy atom. The minimum absolute atomic E-state index is 0.471. The standard InChI is InChI=1S/C13H23N3O/c1-3-13-11(6-9-17-13)10-14-7-4-12-5-8-15-16(12)2/h5,8,11,13-14H,3-4,6-7,9-10H2,1-2H3. The molecule has 0 bridgehead atoms. The lowest BCUT2D eigenvalue weighted by molar-refractivity contribution is 0.0873. The van der Waals surface area contributed by atoms with Crippen LogP contribution in [0.15, 0.2) is 12.3 Å². The van der Waals surface area contributed by atoms with Crippen molar-refractivity contribution in [3.05, 3.63) is 18.0 Å². The van der Waals surface area contributed by atoms with E-state index in [0.29, 0.717) is 12.0 Å². The van der Waals surface area contributed by atoms with Crippen LogP contribution in [0, 0.1) is 5.92 Å². The maximum atomic E-state index is 5.68. The van der Waals surface area contributed by atoms with E-state index in [1.165, 1.54) is 12.1 Å². The Kier molecular flexibility index (Phi) is 4.57. The number of nitrogens with one attached hydrogen (secondary N) is 1. The lowest BCUT2D eigenvalue weighted by Gasteiger charge is -2.17. The molecular weight excluding hydrogens is 214 g/mol. The molecule has 0 aliphatic carbocycles. The van der Waals surface area contributed by atoms with Gasteiger partial charge in [0.1, 0.15) is 0 Å². The highest BCUT2D eigenvalue weighted by Gasteiger charge is 2.25. The van der Waals surface area contributed by atoms with Crippen molar-refractivity contribution in [3.63, 3.8) is 0 Å². The van der Waals surface area contributed by atoms with Crippen LogP contribution in [0.4, 0.5) is 0 Å². The first kappa shape index (κ1) is 12.6. The smallest absolute Gasteiger partial charge is 0.0613 e. The summed E-state index contributed by atoms with van der Waals surface area (Å²) in [5.41, 5.74) is 1.28. The predicted molar refractivity (Wildman–Crippen MR) is 67.9 cm³/mol. The molecular formula is C13H23N3O. The molecule has 17 heavy (non-hydrogen) atoms. The molecule has 1 saturated heterocycles. The molecule has 96 valence electrons. The third-order valence-corrected chi connectivity index (χ3v) is 3.64. The van der Waals surface area contributed by atoms with E-state index in [0.717, 1.165) is 32.5 Å². The fraction of sp³-hybridized carbons (Fsp3) is 0.769. The Hall–Kier alpha value is -0.870. The summed E-state index contributed by atoms with van der Waals surface area (Å²) in [6.07, 6.45) is 5.71. The summed E-state index contributed by atoms with van der Waals surface area (Å²) in [5, 5.41) is 7.70. The number of ether oxygens (including phenoxy) is 1. The third kappa shape index (κ3) is 3.30. The van der Waals surface area contributed by atoms with E-state index in [9.17, 15) is 0 Å². The van der Waals surface area contributed by atoms with Crippen molar-refractivity contribution in [2.75, 3.05) is 19.7 Å². The molecule has 4 heteroatoms. The summed E-state index contributed by atoms with van der Waals surface area (Å²) in [4.78, 5) is 0. The highest BCUT2D eigenvalue weighted by Crippen LogP contribution is 2.22. The van der Waals surface area contributed by atoms with Gasteiger partial charge in [-0.25, -0.2) is 0 Å². The summed E-state index contributed by atoms with van der Waals surface area (Å²) in [7, 11) is 1.99. The van der Waals surface area contributed by atoms with Crippen molar-refractivity contribution in [3.8, 4) is 0 Å². The first-order valence-corrected chi connectivity index (χ1v) is 6.60. The monoisotopic (exact) mass is 237 g/mol. The number of aromatic nitrogens is 2. The van der Waals surface area contributed by atoms with Gasteiger partial charge >= 0.3 is 0 Å². The van der Waals surface area contributed by atoms with Crippen LogP contribution in [0.1, 0.15) is 25.5 Å². The number of aryl methyl sites for hydroxylation is 1. The van der Waals surface area contributed by atoms with Crippen LogP contribution in [-0.4, -0.2) is 35.6 Å². The third-order valence-electron chi connectivity index (χ3n) is 3.64. The molecule has 1 fully saturated rings. The fourth-order valence-corrected chi connectivity index (χ4v) is 2.53. The SMILES string of the molecule is CCC1OCCC1CNCCc1ccnn1C. The topological polar surface area (TPSA) is 39.1 Å². The second kappa shape index (κ2) is 6.17. The van der Waals surface area contributed by atoms with E-state index in [4.69, 9.17) is 4.74 Å². The van der Waals surface area contributed by atoms with Gasteiger partial charge in [-0.2, -0.15) is 5.10 Å². The van der Waals surface area contributed by atoms with Gasteiger partial charge in [0.05, 0.1) is 6.10 Å². The van der Waals surface area contributed by atoms with Gasteiger partial charge < -0.3 is 10.1 Å². The molecule has 2 heterocycles. The van der Waals surface area contributed by atoms with Gasteiger partial charge in [-0.1, -0.05) is 6.92 Å². The van der Waals surface area contributed by atoms with E-state index in [1.54, 1.807) is 0 Å². The predicted octanol–water partition coefficient (Wildman–Crippen LogP) is 1.37. The molecule has 1 N–H and O–H groups in total. The molecule has 0 saturated carbocycles. The zero-order valence-corrected chi connectivity index (χ0v) is 10.9. The van der Waals surface area contributed by atoms with Crippen LogP contribution in [0.3, 0.4) is 0 Å². The average Bonchev–Trinajstić information content (AvgIpc) is 2.93. The van der Waals surface area contributed by atoms with Crippen LogP contribution in [-0.2, 0) is 18.2 Å². The van der Waals surface area contributed by atoms with E-state index in [-0.39, 0.29) is 0 Å². The second-order valence-corrected chi connectivity index (χ2v) is 4.77. The Morgan fingerprint density at radius 3 is 3.18 bits per heavy atom. The van der Waals surface area contributed by atoms with Crippen molar-refractivity contribution in [2.45, 2.75) is 32.3 Å². The maximum absolute atomic E-state index is 5.68. The van der Waals surface area contributed by atoms with Gasteiger partial charge in [0.2, 0.25) is 0 Å². The van der Waals surface area contributed by atoms with E-state index >= 15 is 0 Å². The molecule has 2 unspecified atom stereocenters. The normalized spacial score (nSPS) is 24.4. The zero-order chi connectivity index (χ0) is 12.1. The van der Waals surface area contributed by atoms with Gasteiger partial charge in [-0.3, -0.25) is 4.68 Å². The van der Waals surface area contributed by atoms with Gasteiger partial charge in [0.25, 0.3) is 0 Å². The Bertz CT molecular complexity index is 337. The maximum Gasteiger partial charge on any atom is 0.0613 e. The fourth-order valence-electron chi connectivity index (χ4n) is 2.53. The molecule has 0 radical (unpaired) electrons. The van der Waals surface area contributed by atoms with Crippen molar-refractivity contribution in [1.29, 1.82) is 0 Å². The van der Waals surface area contributed by atoms with Gasteiger partial charge in [0, 0.05) is 45.1 Å². The van der Waals surface area contributed by atoms with E-state index in [1.807, 2.05) is 17.9 Å². The van der Waals surface area contributed by atoms with E-state index in [2.05, 4.69) is 23.4 Å². The number of hydrogen-bond acceptors (Lipinski definition) is 3. The lowest BCUT2D eigenvalue weighted by atomic mass is 10.00. The molecule has 4 nitrogen and oxygen atoms in total. The minimum atomic E-state index is 0.471.